The van der Waals surface area contributed by atoms with Crippen LogP contribution in [0.1, 0.15) is 36.0 Å². The second-order valence-electron chi connectivity index (χ2n) is 6.75. The van der Waals surface area contributed by atoms with Crippen LogP contribution in [-0.4, -0.2) is 16.8 Å². The third-order valence-corrected chi connectivity index (χ3v) is 4.69. The molecule has 0 radical (unpaired) electrons. The summed E-state index contributed by atoms with van der Waals surface area (Å²) >= 11 is 0. The van der Waals surface area contributed by atoms with Crippen molar-refractivity contribution in [1.82, 2.24) is 5.32 Å². The lowest BCUT2D eigenvalue weighted by molar-refractivity contribution is -0.384. The van der Waals surface area contributed by atoms with Gasteiger partial charge in [0.2, 0.25) is 5.91 Å². The van der Waals surface area contributed by atoms with Crippen LogP contribution < -0.4 is 5.32 Å². The van der Waals surface area contributed by atoms with Crippen LogP contribution in [0.15, 0.2) is 59.8 Å². The SMILES string of the molecule is CC1=C(C(=O)OCc2ccc(C)cc2)[C@H](c2ccc([N+](=O)[O-])cc2)CC(=O)N1. The lowest BCUT2D eigenvalue weighted by atomic mass is 9.84. The number of rotatable bonds is 5. The zero-order valence-corrected chi connectivity index (χ0v) is 15.6. The van der Waals surface area contributed by atoms with Crippen molar-refractivity contribution >= 4 is 17.6 Å². The van der Waals surface area contributed by atoms with Gasteiger partial charge in [-0.2, -0.15) is 0 Å². The molecule has 7 nitrogen and oxygen atoms in total. The van der Waals surface area contributed by atoms with E-state index in [1.54, 1.807) is 19.1 Å². The first kappa shape index (κ1) is 19.3. The summed E-state index contributed by atoms with van der Waals surface area (Å²) in [5.74, 6) is -1.24. The molecule has 0 aromatic heterocycles. The first-order valence-corrected chi connectivity index (χ1v) is 8.83. The van der Waals surface area contributed by atoms with Gasteiger partial charge in [-0.05, 0) is 25.0 Å². The number of hydrogen-bond donors (Lipinski definition) is 1. The van der Waals surface area contributed by atoms with Crippen LogP contribution in [0.4, 0.5) is 5.69 Å². The molecular weight excluding hydrogens is 360 g/mol. The number of nitrogens with zero attached hydrogens (tertiary/aromatic N) is 1. The number of ether oxygens (including phenoxy) is 1. The Labute approximate surface area is 162 Å². The highest BCUT2D eigenvalue weighted by molar-refractivity contribution is 5.95. The van der Waals surface area contributed by atoms with Gasteiger partial charge >= 0.3 is 5.97 Å². The van der Waals surface area contributed by atoms with Crippen LogP contribution in [0, 0.1) is 17.0 Å². The fourth-order valence-electron chi connectivity index (χ4n) is 3.20. The van der Waals surface area contributed by atoms with E-state index in [2.05, 4.69) is 5.32 Å². The maximum atomic E-state index is 12.8. The van der Waals surface area contributed by atoms with Gasteiger partial charge in [0.05, 0.1) is 10.5 Å². The van der Waals surface area contributed by atoms with E-state index in [-0.39, 0.29) is 24.6 Å². The highest BCUT2D eigenvalue weighted by Gasteiger charge is 2.33. The largest absolute Gasteiger partial charge is 0.457 e. The smallest absolute Gasteiger partial charge is 0.336 e. The fourth-order valence-corrected chi connectivity index (χ4v) is 3.20. The lowest BCUT2D eigenvalue weighted by Gasteiger charge is -2.26. The van der Waals surface area contributed by atoms with Gasteiger partial charge in [0.1, 0.15) is 6.61 Å². The molecule has 0 saturated heterocycles. The molecule has 0 saturated carbocycles. The molecule has 1 atom stereocenters. The van der Waals surface area contributed by atoms with E-state index in [1.165, 1.54) is 12.1 Å². The molecule has 0 spiro atoms. The molecule has 1 heterocycles. The number of nitrogens with one attached hydrogen (secondary N) is 1. The van der Waals surface area contributed by atoms with E-state index < -0.39 is 16.8 Å². The molecule has 0 bridgehead atoms. The van der Waals surface area contributed by atoms with Gasteiger partial charge in [0.15, 0.2) is 0 Å². The number of amides is 1. The molecular formula is C21H20N2O5. The van der Waals surface area contributed by atoms with Gasteiger partial charge < -0.3 is 10.1 Å². The Morgan fingerprint density at radius 2 is 1.79 bits per heavy atom. The normalized spacial score (nSPS) is 16.5. The first-order chi connectivity index (χ1) is 13.3. The minimum atomic E-state index is -0.514. The van der Waals surface area contributed by atoms with Gasteiger partial charge in [0.25, 0.3) is 5.69 Å². The Bertz CT molecular complexity index is 946. The summed E-state index contributed by atoms with van der Waals surface area (Å²) in [6.07, 6.45) is 0.0735. The van der Waals surface area contributed by atoms with E-state index in [0.717, 1.165) is 11.1 Å². The Morgan fingerprint density at radius 1 is 1.14 bits per heavy atom. The molecule has 2 aromatic rings. The maximum absolute atomic E-state index is 12.8. The van der Waals surface area contributed by atoms with Crippen LogP contribution in [0.25, 0.3) is 0 Å². The van der Waals surface area contributed by atoms with Crippen molar-refractivity contribution in [3.8, 4) is 0 Å². The summed E-state index contributed by atoms with van der Waals surface area (Å²) in [5, 5.41) is 13.5. The summed E-state index contributed by atoms with van der Waals surface area (Å²) in [4.78, 5) is 35.2. The summed E-state index contributed by atoms with van der Waals surface area (Å²) in [5.41, 5.74) is 3.38. The predicted molar refractivity (Wildman–Crippen MR) is 102 cm³/mol. The standard InChI is InChI=1S/C21H20N2O5/c1-13-3-5-15(6-4-13)12-28-21(25)20-14(2)22-19(24)11-18(20)16-7-9-17(10-8-16)23(26)27/h3-10,18H,11-12H2,1-2H3,(H,22,24)/t18-/m0/s1. The average Bonchev–Trinajstić information content (AvgIpc) is 2.66. The molecule has 7 heteroatoms. The van der Waals surface area contributed by atoms with Crippen LogP contribution in [0.3, 0.4) is 0 Å². The maximum Gasteiger partial charge on any atom is 0.336 e. The Morgan fingerprint density at radius 3 is 2.39 bits per heavy atom. The van der Waals surface area contributed by atoms with Gasteiger partial charge in [0, 0.05) is 30.2 Å². The summed E-state index contributed by atoms with van der Waals surface area (Å²) in [6.45, 7) is 3.75. The molecule has 0 unspecified atom stereocenters. The molecule has 2 aromatic carbocycles. The van der Waals surface area contributed by atoms with Crippen molar-refractivity contribution in [2.45, 2.75) is 32.8 Å². The molecule has 1 N–H and O–H groups in total. The number of allylic oxidation sites excluding steroid dienone is 1. The van der Waals surface area contributed by atoms with Gasteiger partial charge in [-0.15, -0.1) is 0 Å². The number of nitro benzene ring substituents is 1. The molecule has 1 aliphatic rings. The van der Waals surface area contributed by atoms with Crippen molar-refractivity contribution in [2.75, 3.05) is 0 Å². The number of nitro groups is 1. The second-order valence-corrected chi connectivity index (χ2v) is 6.75. The highest BCUT2D eigenvalue weighted by Crippen LogP contribution is 2.34. The molecule has 1 amide bonds. The average molecular weight is 380 g/mol. The van der Waals surface area contributed by atoms with Crippen molar-refractivity contribution in [2.24, 2.45) is 0 Å². The zero-order chi connectivity index (χ0) is 20.3. The second kappa shape index (κ2) is 8.04. The number of carbonyl (C=O) groups excluding carboxylic acids is 2. The number of esters is 1. The fraction of sp³-hybridized carbons (Fsp3) is 0.238. The van der Waals surface area contributed by atoms with Gasteiger partial charge in [-0.25, -0.2) is 4.79 Å². The number of non-ortho nitro benzene ring substituents is 1. The quantitative estimate of drug-likeness (QED) is 0.486. The van der Waals surface area contributed by atoms with Crippen molar-refractivity contribution in [3.63, 3.8) is 0 Å². The molecule has 28 heavy (non-hydrogen) atoms. The molecule has 3 rings (SSSR count). The van der Waals surface area contributed by atoms with E-state index in [4.69, 9.17) is 4.74 Å². The van der Waals surface area contributed by atoms with Crippen molar-refractivity contribution in [1.29, 1.82) is 0 Å². The number of carbonyl (C=O) groups is 2. The first-order valence-electron chi connectivity index (χ1n) is 8.83. The van der Waals surface area contributed by atoms with Crippen LogP contribution in [0.5, 0.6) is 0 Å². The predicted octanol–water partition coefficient (Wildman–Crippen LogP) is 3.52. The minimum absolute atomic E-state index is 0.0480. The van der Waals surface area contributed by atoms with E-state index in [9.17, 15) is 19.7 Å². The van der Waals surface area contributed by atoms with Crippen molar-refractivity contribution in [3.05, 3.63) is 86.6 Å². The zero-order valence-electron chi connectivity index (χ0n) is 15.6. The van der Waals surface area contributed by atoms with E-state index in [0.29, 0.717) is 16.8 Å². The topological polar surface area (TPSA) is 98.5 Å². The monoisotopic (exact) mass is 380 g/mol. The van der Waals surface area contributed by atoms with Crippen LogP contribution in [-0.2, 0) is 20.9 Å². The number of hydrogen-bond acceptors (Lipinski definition) is 5. The Hall–Kier alpha value is -3.48. The number of aryl methyl sites for hydroxylation is 1. The van der Waals surface area contributed by atoms with Gasteiger partial charge in [-0.1, -0.05) is 42.0 Å². The highest BCUT2D eigenvalue weighted by atomic mass is 16.6. The third kappa shape index (κ3) is 4.25. The summed E-state index contributed by atoms with van der Waals surface area (Å²) < 4.78 is 5.47. The molecule has 0 aliphatic carbocycles. The van der Waals surface area contributed by atoms with Gasteiger partial charge in [-0.3, -0.25) is 14.9 Å². The molecule has 0 fully saturated rings. The van der Waals surface area contributed by atoms with Crippen LogP contribution in [0.2, 0.25) is 0 Å². The Balaban J connectivity index is 1.83. The summed E-state index contributed by atoms with van der Waals surface area (Å²) in [6, 6.07) is 13.5. The molecule has 144 valence electrons. The van der Waals surface area contributed by atoms with Crippen LogP contribution >= 0.6 is 0 Å². The minimum Gasteiger partial charge on any atom is -0.457 e. The van der Waals surface area contributed by atoms with E-state index >= 15 is 0 Å². The Kier molecular flexibility index (Phi) is 5.54. The summed E-state index contributed by atoms with van der Waals surface area (Å²) in [7, 11) is 0. The van der Waals surface area contributed by atoms with E-state index in [1.807, 2.05) is 31.2 Å². The lowest BCUT2D eigenvalue weighted by Crippen LogP contribution is -2.34. The van der Waals surface area contributed by atoms with Crippen molar-refractivity contribution < 1.29 is 19.2 Å². The number of benzene rings is 2. The third-order valence-electron chi connectivity index (χ3n) is 4.69. The molecule has 1 aliphatic heterocycles.